The fraction of sp³-hybridized carbons (Fsp3) is 0.273. The van der Waals surface area contributed by atoms with Crippen LogP contribution < -0.4 is 15.4 Å². The van der Waals surface area contributed by atoms with Gasteiger partial charge in [0.1, 0.15) is 17.8 Å². The van der Waals surface area contributed by atoms with Gasteiger partial charge < -0.3 is 20.3 Å². The molecule has 2 aromatic carbocycles. The number of hydrogen-bond donors (Lipinski definition) is 2. The van der Waals surface area contributed by atoms with E-state index in [-0.39, 0.29) is 6.54 Å². The van der Waals surface area contributed by atoms with E-state index in [2.05, 4.69) is 10.6 Å². The Bertz CT molecular complexity index is 1040. The molecule has 1 atom stereocenters. The van der Waals surface area contributed by atoms with E-state index in [1.165, 1.54) is 14.2 Å². The van der Waals surface area contributed by atoms with Crippen LogP contribution in [-0.2, 0) is 19.9 Å². The van der Waals surface area contributed by atoms with Crippen molar-refractivity contribution < 1.29 is 23.9 Å². The number of likely N-dealkylation sites (N-methyl/N-ethyl adjacent to an activating group) is 1. The number of methoxy groups -OCH3 is 1. The Morgan fingerprint density at radius 2 is 1.75 bits per heavy atom. The maximum absolute atomic E-state index is 13.0. The molecule has 0 unspecified atom stereocenters. The minimum absolute atomic E-state index is 0.249. The van der Waals surface area contributed by atoms with Gasteiger partial charge in [0.25, 0.3) is 5.91 Å². The minimum Gasteiger partial charge on any atom is -0.497 e. The van der Waals surface area contributed by atoms with Crippen molar-refractivity contribution in [1.82, 2.24) is 15.1 Å². The molecule has 1 aliphatic heterocycles. The van der Waals surface area contributed by atoms with Gasteiger partial charge in [-0.2, -0.15) is 0 Å². The lowest BCUT2D eigenvalue weighted by molar-refractivity contribution is -0.139. The molecule has 0 aromatic heterocycles. The lowest BCUT2D eigenvalue weighted by Crippen LogP contribution is -2.45. The number of imide groups is 1. The Morgan fingerprint density at radius 1 is 1.12 bits per heavy atom. The van der Waals surface area contributed by atoms with Crippen LogP contribution in [0.1, 0.15) is 12.5 Å². The highest BCUT2D eigenvalue weighted by Crippen LogP contribution is 2.30. The SMILES string of the molecule is COc1ccc([C@]2(C)NC(=O)N(CC(=O)N(C)CC(=O)Nc3ccc(Cl)cc3)C2=O)cc1. The van der Waals surface area contributed by atoms with Crippen LogP contribution in [0.5, 0.6) is 5.75 Å². The maximum Gasteiger partial charge on any atom is 0.325 e. The second-order valence-corrected chi connectivity index (χ2v) is 7.92. The summed E-state index contributed by atoms with van der Waals surface area (Å²) in [5.74, 6) is -0.929. The van der Waals surface area contributed by atoms with Crippen molar-refractivity contribution in [1.29, 1.82) is 0 Å². The van der Waals surface area contributed by atoms with Crippen molar-refractivity contribution in [3.8, 4) is 5.75 Å². The molecule has 9 nitrogen and oxygen atoms in total. The number of ether oxygens (including phenoxy) is 1. The molecule has 2 aromatic rings. The predicted molar refractivity (Wildman–Crippen MR) is 118 cm³/mol. The molecule has 0 saturated carbocycles. The van der Waals surface area contributed by atoms with Crippen LogP contribution in [0.25, 0.3) is 0 Å². The van der Waals surface area contributed by atoms with Gasteiger partial charge in [-0.3, -0.25) is 19.3 Å². The topological polar surface area (TPSA) is 108 Å². The maximum atomic E-state index is 13.0. The number of anilines is 1. The summed E-state index contributed by atoms with van der Waals surface area (Å²) in [6.45, 7) is 0.838. The minimum atomic E-state index is -1.31. The van der Waals surface area contributed by atoms with E-state index in [0.29, 0.717) is 22.0 Å². The van der Waals surface area contributed by atoms with Crippen molar-refractivity contribution in [2.24, 2.45) is 0 Å². The summed E-state index contributed by atoms with van der Waals surface area (Å²) in [6.07, 6.45) is 0. The number of rotatable bonds is 7. The Balaban J connectivity index is 1.62. The van der Waals surface area contributed by atoms with Gasteiger partial charge in [0.2, 0.25) is 11.8 Å². The van der Waals surface area contributed by atoms with E-state index < -0.39 is 35.8 Å². The number of nitrogens with zero attached hydrogens (tertiary/aromatic N) is 2. The van der Waals surface area contributed by atoms with Gasteiger partial charge in [0, 0.05) is 17.8 Å². The lowest BCUT2D eigenvalue weighted by Gasteiger charge is -2.23. The standard InChI is InChI=1S/C22H23ClN4O5/c1-22(14-4-10-17(32-3)11-5-14)20(30)27(21(31)25-22)13-19(29)26(2)12-18(28)24-16-8-6-15(23)7-9-16/h4-11H,12-13H2,1-3H3,(H,24,28)(H,25,31)/t22-/m0/s1. The van der Waals surface area contributed by atoms with Crippen molar-refractivity contribution in [2.45, 2.75) is 12.5 Å². The van der Waals surface area contributed by atoms with E-state index in [1.54, 1.807) is 55.5 Å². The smallest absolute Gasteiger partial charge is 0.325 e. The molecule has 0 bridgehead atoms. The van der Waals surface area contributed by atoms with Gasteiger partial charge in [-0.05, 0) is 48.9 Å². The van der Waals surface area contributed by atoms with Crippen LogP contribution in [0, 0.1) is 0 Å². The van der Waals surface area contributed by atoms with Crippen LogP contribution in [0.4, 0.5) is 10.5 Å². The van der Waals surface area contributed by atoms with E-state index in [0.717, 1.165) is 9.80 Å². The zero-order chi connectivity index (χ0) is 23.5. The van der Waals surface area contributed by atoms with Crippen molar-refractivity contribution in [3.63, 3.8) is 0 Å². The number of carbonyl (C=O) groups excluding carboxylic acids is 4. The van der Waals surface area contributed by atoms with Gasteiger partial charge in [0.05, 0.1) is 13.7 Å². The van der Waals surface area contributed by atoms with Gasteiger partial charge in [-0.25, -0.2) is 4.79 Å². The van der Waals surface area contributed by atoms with Crippen LogP contribution in [0.3, 0.4) is 0 Å². The van der Waals surface area contributed by atoms with Gasteiger partial charge >= 0.3 is 6.03 Å². The molecule has 1 aliphatic rings. The van der Waals surface area contributed by atoms with Crippen LogP contribution in [0.2, 0.25) is 5.02 Å². The Labute approximate surface area is 190 Å². The highest BCUT2D eigenvalue weighted by atomic mass is 35.5. The van der Waals surface area contributed by atoms with Gasteiger partial charge in [-0.1, -0.05) is 23.7 Å². The van der Waals surface area contributed by atoms with Gasteiger partial charge in [-0.15, -0.1) is 0 Å². The molecular formula is C22H23ClN4O5. The first-order chi connectivity index (χ1) is 15.1. The lowest BCUT2D eigenvalue weighted by atomic mass is 9.92. The number of halogens is 1. The molecule has 5 amide bonds. The molecule has 168 valence electrons. The summed E-state index contributed by atoms with van der Waals surface area (Å²) in [5.41, 5.74) is -0.222. The molecule has 32 heavy (non-hydrogen) atoms. The van der Waals surface area contributed by atoms with E-state index in [9.17, 15) is 19.2 Å². The Morgan fingerprint density at radius 3 is 2.34 bits per heavy atom. The number of nitrogens with one attached hydrogen (secondary N) is 2. The number of hydrogen-bond acceptors (Lipinski definition) is 5. The Hall–Kier alpha value is -3.59. The molecule has 3 rings (SSSR count). The normalized spacial score (nSPS) is 17.7. The fourth-order valence-electron chi connectivity index (χ4n) is 3.25. The summed E-state index contributed by atoms with van der Waals surface area (Å²) in [7, 11) is 2.95. The highest BCUT2D eigenvalue weighted by Gasteiger charge is 2.49. The molecule has 1 fully saturated rings. The third-order valence-electron chi connectivity index (χ3n) is 5.17. The zero-order valence-corrected chi connectivity index (χ0v) is 18.6. The van der Waals surface area contributed by atoms with E-state index >= 15 is 0 Å². The molecule has 0 spiro atoms. The quantitative estimate of drug-likeness (QED) is 0.618. The van der Waals surface area contributed by atoms with Crippen LogP contribution in [-0.4, -0.2) is 60.8 Å². The van der Waals surface area contributed by atoms with Crippen LogP contribution in [0.15, 0.2) is 48.5 Å². The summed E-state index contributed by atoms with van der Waals surface area (Å²) in [5, 5.41) is 5.82. The van der Waals surface area contributed by atoms with E-state index in [4.69, 9.17) is 16.3 Å². The number of benzene rings is 2. The molecule has 1 heterocycles. The zero-order valence-electron chi connectivity index (χ0n) is 17.8. The summed E-state index contributed by atoms with van der Waals surface area (Å²) in [4.78, 5) is 52.2. The Kier molecular flexibility index (Phi) is 6.69. The second-order valence-electron chi connectivity index (χ2n) is 7.48. The van der Waals surface area contributed by atoms with Crippen molar-refractivity contribution in [2.75, 3.05) is 32.6 Å². The highest BCUT2D eigenvalue weighted by molar-refractivity contribution is 6.30. The first kappa shape index (κ1) is 23.1. The molecule has 10 heteroatoms. The fourth-order valence-corrected chi connectivity index (χ4v) is 3.38. The third-order valence-corrected chi connectivity index (χ3v) is 5.42. The number of carbonyl (C=O) groups is 4. The number of urea groups is 1. The summed E-state index contributed by atoms with van der Waals surface area (Å²) >= 11 is 5.82. The second kappa shape index (κ2) is 9.27. The monoisotopic (exact) mass is 458 g/mol. The average molecular weight is 459 g/mol. The predicted octanol–water partition coefficient (Wildman–Crippen LogP) is 2.21. The first-order valence-corrected chi connectivity index (χ1v) is 10.1. The van der Waals surface area contributed by atoms with Gasteiger partial charge in [0.15, 0.2) is 0 Å². The molecular weight excluding hydrogens is 436 g/mol. The average Bonchev–Trinajstić information content (AvgIpc) is 2.99. The molecule has 2 N–H and O–H groups in total. The number of amides is 5. The summed E-state index contributed by atoms with van der Waals surface area (Å²) < 4.78 is 5.12. The molecule has 0 aliphatic carbocycles. The molecule has 1 saturated heterocycles. The third kappa shape index (κ3) is 4.83. The van der Waals surface area contributed by atoms with Crippen molar-refractivity contribution in [3.05, 3.63) is 59.1 Å². The first-order valence-electron chi connectivity index (χ1n) is 9.72. The summed E-state index contributed by atoms with van der Waals surface area (Å²) in [6, 6.07) is 12.6. The van der Waals surface area contributed by atoms with Crippen LogP contribution >= 0.6 is 11.6 Å². The molecule has 0 radical (unpaired) electrons. The largest absolute Gasteiger partial charge is 0.497 e. The van der Waals surface area contributed by atoms with E-state index in [1.807, 2.05) is 0 Å². The van der Waals surface area contributed by atoms with Crippen molar-refractivity contribution >= 4 is 41.0 Å².